The molecule has 0 fully saturated rings. The van der Waals surface area contributed by atoms with Gasteiger partial charge in [-0.3, -0.25) is 14.8 Å². The van der Waals surface area contributed by atoms with Crippen molar-refractivity contribution < 1.29 is 13.2 Å². The van der Waals surface area contributed by atoms with Gasteiger partial charge in [0, 0.05) is 64.2 Å². The lowest BCUT2D eigenvalue weighted by Gasteiger charge is -2.12. The third-order valence-electron chi connectivity index (χ3n) is 5.66. The highest BCUT2D eigenvalue weighted by molar-refractivity contribution is 7.90. The molecule has 8 nitrogen and oxygen atoms in total. The molecule has 0 atom stereocenters. The van der Waals surface area contributed by atoms with Crippen LogP contribution in [0, 0.1) is 0 Å². The van der Waals surface area contributed by atoms with Crippen LogP contribution in [-0.2, 0) is 9.84 Å². The van der Waals surface area contributed by atoms with Crippen LogP contribution in [0.5, 0.6) is 0 Å². The Kier molecular flexibility index (Phi) is 6.53. The summed E-state index contributed by atoms with van der Waals surface area (Å²) < 4.78 is 24.0. The predicted octanol–water partition coefficient (Wildman–Crippen LogP) is 5.77. The minimum atomic E-state index is -3.35. The van der Waals surface area contributed by atoms with E-state index >= 15 is 0 Å². The quantitative estimate of drug-likeness (QED) is 0.255. The number of aromatic nitrogens is 2. The van der Waals surface area contributed by atoms with Crippen LogP contribution < -0.4 is 16.0 Å². The van der Waals surface area contributed by atoms with Crippen molar-refractivity contribution in [3.05, 3.63) is 109 Å². The number of sulfone groups is 1. The van der Waals surface area contributed by atoms with Crippen molar-refractivity contribution in [2.24, 2.45) is 0 Å². The van der Waals surface area contributed by atoms with E-state index in [1.165, 1.54) is 6.26 Å². The fraction of sp³-hybridized carbons (Fsp3) is 0.0357. The van der Waals surface area contributed by atoms with Crippen LogP contribution in [0.2, 0.25) is 0 Å². The van der Waals surface area contributed by atoms with E-state index in [4.69, 9.17) is 0 Å². The zero-order chi connectivity index (χ0) is 25.8. The monoisotopic (exact) mass is 509 g/mol. The summed E-state index contributed by atoms with van der Waals surface area (Å²) >= 11 is 0. The van der Waals surface area contributed by atoms with Crippen LogP contribution in [0.15, 0.2) is 108 Å². The molecule has 0 aliphatic carbocycles. The van der Waals surface area contributed by atoms with Crippen molar-refractivity contribution in [1.82, 2.24) is 9.97 Å². The summed E-state index contributed by atoms with van der Waals surface area (Å²) in [5.41, 5.74) is 5.04. The Morgan fingerprint density at radius 2 is 1.46 bits per heavy atom. The molecule has 2 aromatic heterocycles. The number of carbonyl (C=O) groups is 1. The van der Waals surface area contributed by atoms with E-state index in [0.29, 0.717) is 27.8 Å². The number of pyridine rings is 2. The predicted molar refractivity (Wildman–Crippen MR) is 146 cm³/mol. The van der Waals surface area contributed by atoms with Gasteiger partial charge in [0.25, 0.3) is 5.91 Å². The highest BCUT2D eigenvalue weighted by Crippen LogP contribution is 2.28. The SMILES string of the molecule is CS(=O)(=O)c1ccc2nccc(Nc3ccc(C(=O)Nc4cccc(Nc5ccncc5)c4)cc3)c2c1. The normalized spacial score (nSPS) is 11.2. The molecule has 37 heavy (non-hydrogen) atoms. The van der Waals surface area contributed by atoms with E-state index in [1.54, 1.807) is 67.1 Å². The first kappa shape index (κ1) is 24.0. The smallest absolute Gasteiger partial charge is 0.255 e. The Balaban J connectivity index is 1.30. The Labute approximate surface area is 214 Å². The van der Waals surface area contributed by atoms with Crippen LogP contribution in [0.25, 0.3) is 10.9 Å². The van der Waals surface area contributed by atoms with Gasteiger partial charge in [0.2, 0.25) is 0 Å². The van der Waals surface area contributed by atoms with E-state index in [1.807, 2.05) is 36.4 Å². The second-order valence-electron chi connectivity index (χ2n) is 8.41. The molecule has 0 radical (unpaired) electrons. The molecular formula is C28H23N5O3S. The molecule has 2 heterocycles. The fourth-order valence-corrected chi connectivity index (χ4v) is 4.45. The number of amides is 1. The Hall–Kier alpha value is -4.76. The molecule has 9 heteroatoms. The third kappa shape index (κ3) is 5.74. The number of anilines is 5. The van der Waals surface area contributed by atoms with Crippen molar-refractivity contribution in [2.75, 3.05) is 22.2 Å². The summed E-state index contributed by atoms with van der Waals surface area (Å²) in [7, 11) is -3.35. The van der Waals surface area contributed by atoms with E-state index in [2.05, 4.69) is 25.9 Å². The van der Waals surface area contributed by atoms with Crippen molar-refractivity contribution >= 4 is 55.1 Å². The maximum atomic E-state index is 12.8. The number of nitrogens with one attached hydrogen (secondary N) is 3. The summed E-state index contributed by atoms with van der Waals surface area (Å²) in [4.78, 5) is 21.4. The Bertz CT molecular complexity index is 1690. The second kappa shape index (κ2) is 10.1. The number of fused-ring (bicyclic) bond motifs is 1. The standard InChI is InChI=1S/C28H23N5O3S/c1-37(35,36)24-9-10-26-25(18-24)27(13-16-30-26)32-20-7-5-19(6-8-20)28(34)33-23-4-2-3-22(17-23)31-21-11-14-29-15-12-21/h2-18H,1H3,(H,29,31)(H,30,32)(H,33,34). The molecule has 184 valence electrons. The summed E-state index contributed by atoms with van der Waals surface area (Å²) in [6.07, 6.45) is 6.24. The minimum Gasteiger partial charge on any atom is -0.355 e. The van der Waals surface area contributed by atoms with Crippen LogP contribution in [0.1, 0.15) is 10.4 Å². The Morgan fingerprint density at radius 3 is 2.22 bits per heavy atom. The lowest BCUT2D eigenvalue weighted by atomic mass is 10.1. The number of rotatable bonds is 7. The molecule has 3 aromatic carbocycles. The van der Waals surface area contributed by atoms with Crippen molar-refractivity contribution in [3.63, 3.8) is 0 Å². The van der Waals surface area contributed by atoms with E-state index in [0.717, 1.165) is 17.1 Å². The van der Waals surface area contributed by atoms with Crippen molar-refractivity contribution in [3.8, 4) is 0 Å². The summed E-state index contributed by atoms with van der Waals surface area (Å²) in [6.45, 7) is 0. The molecule has 5 aromatic rings. The average molecular weight is 510 g/mol. The first-order chi connectivity index (χ1) is 17.8. The van der Waals surface area contributed by atoms with Gasteiger partial charge in [-0.25, -0.2) is 8.42 Å². The molecule has 0 saturated carbocycles. The summed E-state index contributed by atoms with van der Waals surface area (Å²) in [5.74, 6) is -0.236. The maximum absolute atomic E-state index is 12.8. The van der Waals surface area contributed by atoms with Crippen LogP contribution in [0.4, 0.5) is 28.4 Å². The van der Waals surface area contributed by atoms with Gasteiger partial charge < -0.3 is 16.0 Å². The summed E-state index contributed by atoms with van der Waals surface area (Å²) in [5, 5.41) is 10.2. The molecule has 0 spiro atoms. The molecule has 0 aliphatic heterocycles. The number of hydrogen-bond acceptors (Lipinski definition) is 7. The molecule has 0 aliphatic rings. The van der Waals surface area contributed by atoms with Gasteiger partial charge >= 0.3 is 0 Å². The minimum absolute atomic E-state index is 0.225. The molecule has 5 rings (SSSR count). The zero-order valence-corrected chi connectivity index (χ0v) is 20.7. The topological polar surface area (TPSA) is 113 Å². The first-order valence-corrected chi connectivity index (χ1v) is 13.3. The lowest BCUT2D eigenvalue weighted by molar-refractivity contribution is 0.102. The highest BCUT2D eigenvalue weighted by Gasteiger charge is 2.11. The molecular weight excluding hydrogens is 486 g/mol. The van der Waals surface area contributed by atoms with Gasteiger partial charge in [0.1, 0.15) is 0 Å². The molecule has 3 N–H and O–H groups in total. The van der Waals surface area contributed by atoms with Gasteiger partial charge in [-0.1, -0.05) is 6.07 Å². The van der Waals surface area contributed by atoms with Crippen LogP contribution in [0.3, 0.4) is 0 Å². The number of hydrogen-bond donors (Lipinski definition) is 3. The van der Waals surface area contributed by atoms with Crippen molar-refractivity contribution in [2.45, 2.75) is 4.90 Å². The van der Waals surface area contributed by atoms with Gasteiger partial charge in [-0.05, 0) is 78.9 Å². The van der Waals surface area contributed by atoms with Gasteiger partial charge in [0.15, 0.2) is 9.84 Å². The zero-order valence-electron chi connectivity index (χ0n) is 19.8. The van der Waals surface area contributed by atoms with E-state index in [9.17, 15) is 13.2 Å². The fourth-order valence-electron chi connectivity index (χ4n) is 3.81. The molecule has 0 unspecified atom stereocenters. The molecule has 1 amide bonds. The Morgan fingerprint density at radius 1 is 0.730 bits per heavy atom. The van der Waals surface area contributed by atoms with Gasteiger partial charge in [-0.2, -0.15) is 0 Å². The van der Waals surface area contributed by atoms with Crippen LogP contribution in [-0.4, -0.2) is 30.5 Å². The number of benzene rings is 3. The summed E-state index contributed by atoms with van der Waals surface area (Å²) in [6, 6.07) is 24.8. The number of carbonyl (C=O) groups excluding carboxylic acids is 1. The lowest BCUT2D eigenvalue weighted by Crippen LogP contribution is -2.11. The van der Waals surface area contributed by atoms with Gasteiger partial charge in [0.05, 0.1) is 10.4 Å². The van der Waals surface area contributed by atoms with E-state index < -0.39 is 9.84 Å². The van der Waals surface area contributed by atoms with Crippen LogP contribution >= 0.6 is 0 Å². The largest absolute Gasteiger partial charge is 0.355 e. The molecule has 0 saturated heterocycles. The maximum Gasteiger partial charge on any atom is 0.255 e. The van der Waals surface area contributed by atoms with E-state index in [-0.39, 0.29) is 10.8 Å². The second-order valence-corrected chi connectivity index (χ2v) is 10.4. The van der Waals surface area contributed by atoms with Crippen molar-refractivity contribution in [1.29, 1.82) is 0 Å². The number of nitrogens with zero attached hydrogens (tertiary/aromatic N) is 2. The molecule has 0 bridgehead atoms. The first-order valence-electron chi connectivity index (χ1n) is 11.4. The highest BCUT2D eigenvalue weighted by atomic mass is 32.2. The average Bonchev–Trinajstić information content (AvgIpc) is 2.89. The van der Waals surface area contributed by atoms with Gasteiger partial charge in [-0.15, -0.1) is 0 Å². The third-order valence-corrected chi connectivity index (χ3v) is 6.77.